The van der Waals surface area contributed by atoms with Crippen LogP contribution in [0.15, 0.2) is 72.9 Å². The standard InChI is InChI=1S/C27H25N3O4/c1-18-6-9-21(10-7-18)33-13-12-30-24-15-20(8-11-25(24)34-17-27(30)32)29-26(31)14-19-16-28-23-5-3-2-4-22(19)23/h2-11,15-16,28H,12-14,17H2,1H3,(H,29,31). The van der Waals surface area contributed by atoms with Crippen LogP contribution in [-0.4, -0.2) is 36.6 Å². The van der Waals surface area contributed by atoms with Crippen molar-refractivity contribution in [3.63, 3.8) is 0 Å². The molecule has 4 aromatic rings. The molecule has 0 spiro atoms. The van der Waals surface area contributed by atoms with Crippen LogP contribution in [0.4, 0.5) is 11.4 Å². The number of H-pyrrole nitrogens is 1. The van der Waals surface area contributed by atoms with E-state index in [-0.39, 0.29) is 24.8 Å². The Balaban J connectivity index is 1.27. The molecule has 7 nitrogen and oxygen atoms in total. The van der Waals surface area contributed by atoms with Crippen molar-refractivity contribution in [3.8, 4) is 11.5 Å². The first kappa shape index (κ1) is 21.6. The van der Waals surface area contributed by atoms with Gasteiger partial charge in [-0.25, -0.2) is 0 Å². The molecule has 2 heterocycles. The molecule has 2 N–H and O–H groups in total. The Morgan fingerprint density at radius 2 is 1.94 bits per heavy atom. The molecule has 7 heteroatoms. The molecule has 1 aliphatic rings. The highest BCUT2D eigenvalue weighted by atomic mass is 16.5. The van der Waals surface area contributed by atoms with Crippen molar-refractivity contribution in [2.45, 2.75) is 13.3 Å². The molecule has 0 radical (unpaired) electrons. The Morgan fingerprint density at radius 3 is 2.79 bits per heavy atom. The zero-order valence-electron chi connectivity index (χ0n) is 18.8. The summed E-state index contributed by atoms with van der Waals surface area (Å²) in [5.41, 5.74) is 4.31. The molecule has 0 saturated heterocycles. The number of hydrogen-bond donors (Lipinski definition) is 2. The molecule has 1 aliphatic heterocycles. The lowest BCUT2D eigenvalue weighted by Gasteiger charge is -2.29. The van der Waals surface area contributed by atoms with Crippen molar-refractivity contribution in [3.05, 3.63) is 84.1 Å². The van der Waals surface area contributed by atoms with Crippen LogP contribution in [0, 0.1) is 6.92 Å². The van der Waals surface area contributed by atoms with Gasteiger partial charge in [-0.3, -0.25) is 9.59 Å². The van der Waals surface area contributed by atoms with E-state index in [2.05, 4.69) is 10.3 Å². The first-order chi connectivity index (χ1) is 16.6. The van der Waals surface area contributed by atoms with Gasteiger partial charge in [0.2, 0.25) is 5.91 Å². The van der Waals surface area contributed by atoms with Crippen LogP contribution in [-0.2, 0) is 16.0 Å². The van der Waals surface area contributed by atoms with Crippen molar-refractivity contribution >= 4 is 34.1 Å². The summed E-state index contributed by atoms with van der Waals surface area (Å²) in [6.07, 6.45) is 2.10. The third-order valence-corrected chi connectivity index (χ3v) is 5.82. The number of anilines is 2. The van der Waals surface area contributed by atoms with Crippen molar-refractivity contribution < 1.29 is 19.1 Å². The first-order valence-electron chi connectivity index (χ1n) is 11.2. The number of aromatic nitrogens is 1. The summed E-state index contributed by atoms with van der Waals surface area (Å²) in [4.78, 5) is 30.1. The predicted molar refractivity (Wildman–Crippen MR) is 132 cm³/mol. The van der Waals surface area contributed by atoms with Gasteiger partial charge < -0.3 is 24.7 Å². The topological polar surface area (TPSA) is 83.7 Å². The number of amides is 2. The molecule has 1 aromatic heterocycles. The molecule has 5 rings (SSSR count). The molecular formula is C27H25N3O4. The van der Waals surface area contributed by atoms with Gasteiger partial charge in [0.25, 0.3) is 5.91 Å². The molecular weight excluding hydrogens is 430 g/mol. The largest absolute Gasteiger partial charge is 0.492 e. The van der Waals surface area contributed by atoms with Crippen LogP contribution in [0.5, 0.6) is 11.5 Å². The number of nitrogens with zero attached hydrogens (tertiary/aromatic N) is 1. The molecule has 0 atom stereocenters. The fraction of sp³-hybridized carbons (Fsp3) is 0.185. The van der Waals surface area contributed by atoms with E-state index in [0.717, 1.165) is 27.8 Å². The van der Waals surface area contributed by atoms with Gasteiger partial charge >= 0.3 is 0 Å². The smallest absolute Gasteiger partial charge is 0.265 e. The molecule has 0 fully saturated rings. The highest BCUT2D eigenvalue weighted by Crippen LogP contribution is 2.34. The summed E-state index contributed by atoms with van der Waals surface area (Å²) < 4.78 is 11.4. The SMILES string of the molecule is Cc1ccc(OCCN2C(=O)COc3ccc(NC(=O)Cc4c[nH]c5ccccc45)cc32)cc1. The van der Waals surface area contributed by atoms with Crippen LogP contribution >= 0.6 is 0 Å². The van der Waals surface area contributed by atoms with Gasteiger partial charge in [-0.1, -0.05) is 35.9 Å². The number of aromatic amines is 1. The number of carbonyl (C=O) groups excluding carboxylic acids is 2. The van der Waals surface area contributed by atoms with Crippen molar-refractivity contribution in [2.24, 2.45) is 0 Å². The van der Waals surface area contributed by atoms with E-state index in [1.807, 2.05) is 61.7 Å². The molecule has 34 heavy (non-hydrogen) atoms. The Morgan fingerprint density at radius 1 is 1.12 bits per heavy atom. The highest BCUT2D eigenvalue weighted by Gasteiger charge is 2.26. The Labute approximate surface area is 197 Å². The normalized spacial score (nSPS) is 12.9. The van der Waals surface area contributed by atoms with Gasteiger partial charge in [0.05, 0.1) is 18.7 Å². The molecule has 172 valence electrons. The molecule has 2 amide bonds. The van der Waals surface area contributed by atoms with Gasteiger partial charge in [-0.05, 0) is 48.9 Å². The number of rotatable bonds is 7. The van der Waals surface area contributed by atoms with Crippen LogP contribution in [0.25, 0.3) is 10.9 Å². The van der Waals surface area contributed by atoms with Crippen LogP contribution < -0.4 is 19.7 Å². The average Bonchev–Trinajstić information content (AvgIpc) is 3.24. The summed E-state index contributed by atoms with van der Waals surface area (Å²) in [6, 6.07) is 21.0. The van der Waals surface area contributed by atoms with E-state index in [1.165, 1.54) is 0 Å². The minimum absolute atomic E-state index is 0.0240. The van der Waals surface area contributed by atoms with Crippen molar-refractivity contribution in [1.29, 1.82) is 0 Å². The quantitative estimate of drug-likeness (QED) is 0.431. The number of para-hydroxylation sites is 1. The third-order valence-electron chi connectivity index (χ3n) is 5.82. The Kier molecular flexibility index (Phi) is 5.91. The maximum atomic E-state index is 12.7. The Bertz CT molecular complexity index is 1340. The van der Waals surface area contributed by atoms with Crippen LogP contribution in [0.2, 0.25) is 0 Å². The number of aryl methyl sites for hydroxylation is 1. The van der Waals surface area contributed by atoms with Gasteiger partial charge in [0.1, 0.15) is 18.1 Å². The monoisotopic (exact) mass is 455 g/mol. The average molecular weight is 456 g/mol. The van der Waals surface area contributed by atoms with E-state index in [9.17, 15) is 9.59 Å². The lowest BCUT2D eigenvalue weighted by atomic mass is 10.1. The zero-order valence-corrected chi connectivity index (χ0v) is 18.8. The summed E-state index contributed by atoms with van der Waals surface area (Å²) in [5.74, 6) is 1.07. The first-order valence-corrected chi connectivity index (χ1v) is 11.2. The van der Waals surface area contributed by atoms with Crippen LogP contribution in [0.1, 0.15) is 11.1 Å². The minimum atomic E-state index is -0.151. The summed E-state index contributed by atoms with van der Waals surface area (Å²) in [5, 5.41) is 3.97. The van der Waals surface area contributed by atoms with Gasteiger partial charge in [0.15, 0.2) is 6.61 Å². The maximum Gasteiger partial charge on any atom is 0.265 e. The van der Waals surface area contributed by atoms with Crippen molar-refractivity contribution in [1.82, 2.24) is 4.98 Å². The fourth-order valence-corrected chi connectivity index (χ4v) is 4.07. The summed E-state index contributed by atoms with van der Waals surface area (Å²) in [7, 11) is 0. The molecule has 0 saturated carbocycles. The van der Waals surface area contributed by atoms with Gasteiger partial charge in [-0.2, -0.15) is 0 Å². The molecule has 0 bridgehead atoms. The van der Waals surface area contributed by atoms with E-state index >= 15 is 0 Å². The van der Waals surface area contributed by atoms with E-state index in [0.29, 0.717) is 30.3 Å². The lowest BCUT2D eigenvalue weighted by molar-refractivity contribution is -0.121. The van der Waals surface area contributed by atoms with E-state index in [4.69, 9.17) is 9.47 Å². The second-order valence-electron chi connectivity index (χ2n) is 8.26. The number of hydrogen-bond acceptors (Lipinski definition) is 4. The van der Waals surface area contributed by atoms with Crippen molar-refractivity contribution in [2.75, 3.05) is 30.0 Å². The second-order valence-corrected chi connectivity index (χ2v) is 8.26. The predicted octanol–water partition coefficient (Wildman–Crippen LogP) is 4.46. The molecule has 0 aliphatic carbocycles. The minimum Gasteiger partial charge on any atom is -0.492 e. The summed E-state index contributed by atoms with van der Waals surface area (Å²) in [6.45, 7) is 2.70. The van der Waals surface area contributed by atoms with Gasteiger partial charge in [-0.15, -0.1) is 0 Å². The van der Waals surface area contributed by atoms with E-state index in [1.54, 1.807) is 23.1 Å². The molecule has 0 unspecified atom stereocenters. The van der Waals surface area contributed by atoms with Gasteiger partial charge in [0, 0.05) is 22.8 Å². The number of fused-ring (bicyclic) bond motifs is 2. The fourth-order valence-electron chi connectivity index (χ4n) is 4.07. The molecule has 3 aromatic carbocycles. The number of nitrogens with one attached hydrogen (secondary N) is 2. The maximum absolute atomic E-state index is 12.7. The second kappa shape index (κ2) is 9.31. The number of carbonyl (C=O) groups is 2. The number of benzene rings is 3. The lowest BCUT2D eigenvalue weighted by Crippen LogP contribution is -2.41. The van der Waals surface area contributed by atoms with Crippen LogP contribution in [0.3, 0.4) is 0 Å². The highest BCUT2D eigenvalue weighted by molar-refractivity contribution is 6.00. The number of ether oxygens (including phenoxy) is 2. The third kappa shape index (κ3) is 4.59. The van der Waals surface area contributed by atoms with E-state index < -0.39 is 0 Å². The summed E-state index contributed by atoms with van der Waals surface area (Å²) >= 11 is 0. The Hall–Kier alpha value is -4.26. The zero-order chi connectivity index (χ0) is 23.5.